The number of piperazine rings is 1. The molecule has 0 atom stereocenters. The van der Waals surface area contributed by atoms with Crippen molar-refractivity contribution in [3.8, 4) is 5.75 Å². The van der Waals surface area contributed by atoms with Crippen molar-refractivity contribution in [2.75, 3.05) is 33.3 Å². The second kappa shape index (κ2) is 7.66. The van der Waals surface area contributed by atoms with Gasteiger partial charge in [0.25, 0.3) is 5.91 Å². The van der Waals surface area contributed by atoms with Crippen LogP contribution < -0.4 is 4.74 Å². The number of aryl methyl sites for hydroxylation is 1. The van der Waals surface area contributed by atoms with Gasteiger partial charge in [-0.1, -0.05) is 18.2 Å². The average molecular weight is 392 g/mol. The Bertz CT molecular complexity index is 954. The summed E-state index contributed by atoms with van der Waals surface area (Å²) in [5.41, 5.74) is 1.41. The van der Waals surface area contributed by atoms with Crippen LogP contribution in [0.25, 0.3) is 0 Å². The Morgan fingerprint density at radius 1 is 1.07 bits per heavy atom. The lowest BCUT2D eigenvalue weighted by Gasteiger charge is -2.34. The maximum Gasteiger partial charge on any atom is 0.254 e. The van der Waals surface area contributed by atoms with Crippen molar-refractivity contribution in [3.63, 3.8) is 0 Å². The highest BCUT2D eigenvalue weighted by Crippen LogP contribution is 2.23. The second-order valence-electron chi connectivity index (χ2n) is 6.31. The predicted molar refractivity (Wildman–Crippen MR) is 98.8 cm³/mol. The molecule has 0 aromatic heterocycles. The molecule has 8 heteroatoms. The third-order valence-corrected chi connectivity index (χ3v) is 6.57. The molecule has 0 radical (unpaired) electrons. The van der Waals surface area contributed by atoms with Gasteiger partial charge in [-0.3, -0.25) is 4.79 Å². The molecule has 1 aliphatic heterocycles. The monoisotopic (exact) mass is 392 g/mol. The fraction of sp³-hybridized carbons (Fsp3) is 0.316. The third-order valence-electron chi connectivity index (χ3n) is 4.64. The van der Waals surface area contributed by atoms with Crippen molar-refractivity contribution >= 4 is 15.9 Å². The molecule has 2 aromatic rings. The normalized spacial score (nSPS) is 15.6. The molecule has 0 bridgehead atoms. The lowest BCUT2D eigenvalue weighted by atomic mass is 10.1. The smallest absolute Gasteiger partial charge is 0.254 e. The Kier molecular flexibility index (Phi) is 5.48. The number of ether oxygens (including phenoxy) is 1. The highest BCUT2D eigenvalue weighted by molar-refractivity contribution is 7.89. The standard InChI is InChI=1S/C19H21FN2O4S/c1-14-7-8-15(13-17(14)26-2)19(23)21-9-11-22(12-10-21)27(24,25)18-6-4-3-5-16(18)20/h3-8,13H,9-12H2,1-2H3. The number of carbonyl (C=O) groups excluding carboxylic acids is 1. The van der Waals surface area contributed by atoms with Crippen LogP contribution in [0.4, 0.5) is 4.39 Å². The maximum atomic E-state index is 13.9. The molecule has 0 spiro atoms. The van der Waals surface area contributed by atoms with Crippen molar-refractivity contribution in [2.45, 2.75) is 11.8 Å². The zero-order chi connectivity index (χ0) is 19.6. The molecule has 1 amide bonds. The molecule has 2 aromatic carbocycles. The third kappa shape index (κ3) is 3.81. The van der Waals surface area contributed by atoms with Gasteiger partial charge in [-0.05, 0) is 36.8 Å². The van der Waals surface area contributed by atoms with Crippen LogP contribution in [0.1, 0.15) is 15.9 Å². The molecule has 1 heterocycles. The summed E-state index contributed by atoms with van der Waals surface area (Å²) in [5.74, 6) is -0.333. The lowest BCUT2D eigenvalue weighted by Crippen LogP contribution is -2.50. The van der Waals surface area contributed by atoms with E-state index in [1.807, 2.05) is 13.0 Å². The van der Waals surface area contributed by atoms with Crippen LogP contribution in [0.3, 0.4) is 0 Å². The second-order valence-corrected chi connectivity index (χ2v) is 8.22. The molecule has 1 fully saturated rings. The minimum absolute atomic E-state index is 0.116. The summed E-state index contributed by atoms with van der Waals surface area (Å²) in [6, 6.07) is 10.5. The van der Waals surface area contributed by atoms with E-state index in [1.165, 1.54) is 22.5 Å². The number of sulfonamides is 1. The van der Waals surface area contributed by atoms with Gasteiger partial charge < -0.3 is 9.64 Å². The highest BCUT2D eigenvalue weighted by atomic mass is 32.2. The molecule has 27 heavy (non-hydrogen) atoms. The molecule has 144 valence electrons. The SMILES string of the molecule is COc1cc(C(=O)N2CCN(S(=O)(=O)c3ccccc3F)CC2)ccc1C. The first-order chi connectivity index (χ1) is 12.8. The summed E-state index contributed by atoms with van der Waals surface area (Å²) >= 11 is 0. The first-order valence-corrected chi connectivity index (χ1v) is 9.97. The largest absolute Gasteiger partial charge is 0.496 e. The van der Waals surface area contributed by atoms with Crippen LogP contribution in [0, 0.1) is 12.7 Å². The van der Waals surface area contributed by atoms with Crippen molar-refractivity contribution in [3.05, 3.63) is 59.4 Å². The molecule has 1 aliphatic rings. The predicted octanol–water partition coefficient (Wildman–Crippen LogP) is 2.29. The quantitative estimate of drug-likeness (QED) is 0.801. The van der Waals surface area contributed by atoms with Crippen molar-refractivity contribution in [1.29, 1.82) is 0 Å². The van der Waals surface area contributed by atoms with Crippen LogP contribution in [-0.2, 0) is 10.0 Å². The Balaban J connectivity index is 1.72. The first kappa shape index (κ1) is 19.3. The van der Waals surface area contributed by atoms with Gasteiger partial charge in [-0.15, -0.1) is 0 Å². The zero-order valence-electron chi connectivity index (χ0n) is 15.2. The van der Waals surface area contributed by atoms with Gasteiger partial charge in [0, 0.05) is 31.7 Å². The number of carbonyl (C=O) groups is 1. The number of halogens is 1. The fourth-order valence-electron chi connectivity index (χ4n) is 3.06. The maximum absolute atomic E-state index is 13.9. The fourth-order valence-corrected chi connectivity index (χ4v) is 4.55. The number of benzene rings is 2. The molecule has 0 saturated carbocycles. The van der Waals surface area contributed by atoms with Crippen molar-refractivity contribution in [1.82, 2.24) is 9.21 Å². The number of hydrogen-bond donors (Lipinski definition) is 0. The van der Waals surface area contributed by atoms with Crippen LogP contribution in [-0.4, -0.2) is 56.8 Å². The Morgan fingerprint density at radius 3 is 2.37 bits per heavy atom. The van der Waals surface area contributed by atoms with E-state index >= 15 is 0 Å². The summed E-state index contributed by atoms with van der Waals surface area (Å²) in [6.45, 7) is 2.60. The molecule has 0 aliphatic carbocycles. The van der Waals surface area contributed by atoms with E-state index in [2.05, 4.69) is 0 Å². The lowest BCUT2D eigenvalue weighted by molar-refractivity contribution is 0.0697. The topological polar surface area (TPSA) is 66.9 Å². The number of amides is 1. The minimum Gasteiger partial charge on any atom is -0.496 e. The number of nitrogens with zero attached hydrogens (tertiary/aromatic N) is 2. The summed E-state index contributed by atoms with van der Waals surface area (Å²) < 4.78 is 45.6. The van der Waals surface area contributed by atoms with Crippen LogP contribution in [0.5, 0.6) is 5.75 Å². The van der Waals surface area contributed by atoms with E-state index in [9.17, 15) is 17.6 Å². The van der Waals surface area contributed by atoms with Gasteiger partial charge >= 0.3 is 0 Å². The number of methoxy groups -OCH3 is 1. The van der Waals surface area contributed by atoms with E-state index in [-0.39, 0.29) is 37.0 Å². The summed E-state index contributed by atoms with van der Waals surface area (Å²) in [6.07, 6.45) is 0. The van der Waals surface area contributed by atoms with E-state index in [1.54, 1.807) is 24.1 Å². The molecular formula is C19H21FN2O4S. The van der Waals surface area contributed by atoms with Gasteiger partial charge in [0.1, 0.15) is 16.5 Å². The summed E-state index contributed by atoms with van der Waals surface area (Å²) in [7, 11) is -2.38. The van der Waals surface area contributed by atoms with Gasteiger partial charge in [0.15, 0.2) is 0 Å². The van der Waals surface area contributed by atoms with Gasteiger partial charge in [0.05, 0.1) is 7.11 Å². The summed E-state index contributed by atoms with van der Waals surface area (Å²) in [4.78, 5) is 14.0. The minimum atomic E-state index is -3.92. The zero-order valence-corrected chi connectivity index (χ0v) is 16.0. The number of hydrogen-bond acceptors (Lipinski definition) is 4. The van der Waals surface area contributed by atoms with Gasteiger partial charge in [0.2, 0.25) is 10.0 Å². The summed E-state index contributed by atoms with van der Waals surface area (Å²) in [5, 5.41) is 0. The molecular weight excluding hydrogens is 371 g/mol. The molecule has 0 N–H and O–H groups in total. The highest BCUT2D eigenvalue weighted by Gasteiger charge is 2.32. The van der Waals surface area contributed by atoms with E-state index < -0.39 is 15.8 Å². The van der Waals surface area contributed by atoms with Gasteiger partial charge in [-0.25, -0.2) is 12.8 Å². The average Bonchev–Trinajstić information content (AvgIpc) is 2.68. The molecule has 6 nitrogen and oxygen atoms in total. The molecule has 0 unspecified atom stereocenters. The van der Waals surface area contributed by atoms with Crippen molar-refractivity contribution < 1.29 is 22.3 Å². The number of rotatable bonds is 4. The van der Waals surface area contributed by atoms with Crippen LogP contribution in [0.2, 0.25) is 0 Å². The molecule has 3 rings (SSSR count). The Hall–Kier alpha value is -2.45. The van der Waals surface area contributed by atoms with E-state index in [0.717, 1.165) is 11.6 Å². The Morgan fingerprint density at radius 2 is 1.74 bits per heavy atom. The van der Waals surface area contributed by atoms with Crippen LogP contribution in [0.15, 0.2) is 47.4 Å². The Labute approximate surface area is 158 Å². The first-order valence-electron chi connectivity index (χ1n) is 8.53. The van der Waals surface area contributed by atoms with Crippen LogP contribution >= 0.6 is 0 Å². The van der Waals surface area contributed by atoms with Crippen molar-refractivity contribution in [2.24, 2.45) is 0 Å². The molecule has 1 saturated heterocycles. The van der Waals surface area contributed by atoms with E-state index in [4.69, 9.17) is 4.74 Å². The van der Waals surface area contributed by atoms with E-state index in [0.29, 0.717) is 11.3 Å². The van der Waals surface area contributed by atoms with Gasteiger partial charge in [-0.2, -0.15) is 4.31 Å².